The number of benzene rings is 2. The number of anilines is 1. The number of aryl methyl sites for hydroxylation is 2. The zero-order valence-electron chi connectivity index (χ0n) is 14.7. The molecule has 0 aromatic heterocycles. The van der Waals surface area contributed by atoms with E-state index in [1.807, 2.05) is 43.3 Å². The van der Waals surface area contributed by atoms with Crippen molar-refractivity contribution in [3.05, 3.63) is 59.2 Å². The molecule has 0 unspecified atom stereocenters. The summed E-state index contributed by atoms with van der Waals surface area (Å²) in [6.07, 6.45) is 1.09. The van der Waals surface area contributed by atoms with Crippen molar-refractivity contribution < 1.29 is 9.53 Å². The van der Waals surface area contributed by atoms with Crippen molar-refractivity contribution in [3.8, 4) is 5.75 Å². The van der Waals surface area contributed by atoms with E-state index in [0.29, 0.717) is 10.9 Å². The largest absolute Gasteiger partial charge is 0.496 e. The monoisotopic (exact) mass is 357 g/mol. The number of nitrogens with one attached hydrogen (secondary N) is 3. The van der Waals surface area contributed by atoms with Crippen molar-refractivity contribution in [2.45, 2.75) is 26.7 Å². The Bertz CT molecular complexity index is 762. The second-order valence-corrected chi connectivity index (χ2v) is 5.99. The van der Waals surface area contributed by atoms with Crippen LogP contribution in [0.1, 0.15) is 23.6 Å². The summed E-state index contributed by atoms with van der Waals surface area (Å²) in [6, 6.07) is 13.5. The molecule has 25 heavy (non-hydrogen) atoms. The highest BCUT2D eigenvalue weighted by Gasteiger charge is 2.09. The zero-order chi connectivity index (χ0) is 18.2. The van der Waals surface area contributed by atoms with Crippen LogP contribution in [0.15, 0.2) is 42.5 Å². The average Bonchev–Trinajstić information content (AvgIpc) is 2.62. The van der Waals surface area contributed by atoms with E-state index in [-0.39, 0.29) is 12.3 Å². The number of hydrogen-bond acceptors (Lipinski definition) is 3. The number of hydrazine groups is 1. The highest BCUT2D eigenvalue weighted by Crippen LogP contribution is 2.21. The fraction of sp³-hybridized carbons (Fsp3) is 0.263. The van der Waals surface area contributed by atoms with Crippen molar-refractivity contribution in [1.82, 2.24) is 10.9 Å². The third-order valence-electron chi connectivity index (χ3n) is 3.84. The Kier molecular flexibility index (Phi) is 6.77. The number of para-hydroxylation sites is 2. The summed E-state index contributed by atoms with van der Waals surface area (Å²) in [5.41, 5.74) is 9.42. The Hall–Kier alpha value is -2.60. The van der Waals surface area contributed by atoms with Gasteiger partial charge in [0, 0.05) is 11.3 Å². The predicted molar refractivity (Wildman–Crippen MR) is 105 cm³/mol. The molecule has 1 amide bonds. The van der Waals surface area contributed by atoms with Crippen molar-refractivity contribution >= 4 is 28.9 Å². The lowest BCUT2D eigenvalue weighted by molar-refractivity contribution is -0.121. The van der Waals surface area contributed by atoms with Gasteiger partial charge in [-0.15, -0.1) is 0 Å². The number of hydrogen-bond donors (Lipinski definition) is 3. The van der Waals surface area contributed by atoms with Crippen LogP contribution in [0.5, 0.6) is 5.75 Å². The van der Waals surface area contributed by atoms with Gasteiger partial charge in [-0.3, -0.25) is 15.6 Å². The molecule has 0 aliphatic carbocycles. The van der Waals surface area contributed by atoms with Gasteiger partial charge in [0.15, 0.2) is 5.11 Å². The third kappa shape index (κ3) is 5.19. The van der Waals surface area contributed by atoms with Gasteiger partial charge in [-0.25, -0.2) is 0 Å². The topological polar surface area (TPSA) is 62.4 Å². The van der Waals surface area contributed by atoms with E-state index >= 15 is 0 Å². The third-order valence-corrected chi connectivity index (χ3v) is 4.04. The highest BCUT2D eigenvalue weighted by molar-refractivity contribution is 7.80. The molecule has 6 heteroatoms. The molecule has 132 valence electrons. The number of amides is 1. The van der Waals surface area contributed by atoms with E-state index in [0.717, 1.165) is 23.2 Å². The van der Waals surface area contributed by atoms with E-state index in [1.54, 1.807) is 7.11 Å². The van der Waals surface area contributed by atoms with Crippen LogP contribution < -0.4 is 20.9 Å². The maximum Gasteiger partial charge on any atom is 0.242 e. The molecule has 0 aliphatic rings. The van der Waals surface area contributed by atoms with Crippen LogP contribution in [0.2, 0.25) is 0 Å². The fourth-order valence-electron chi connectivity index (χ4n) is 2.54. The SMILES string of the molecule is CCc1cccc(C)c1NC(=S)NNC(=O)Cc1ccccc1OC. The van der Waals surface area contributed by atoms with Gasteiger partial charge in [-0.05, 0) is 42.8 Å². The van der Waals surface area contributed by atoms with Gasteiger partial charge in [0.1, 0.15) is 5.75 Å². The minimum absolute atomic E-state index is 0.199. The van der Waals surface area contributed by atoms with Crippen molar-refractivity contribution in [3.63, 3.8) is 0 Å². The summed E-state index contributed by atoms with van der Waals surface area (Å²) in [6.45, 7) is 4.11. The molecule has 3 N–H and O–H groups in total. The summed E-state index contributed by atoms with van der Waals surface area (Å²) in [5, 5.41) is 3.50. The molecule has 2 rings (SSSR count). The van der Waals surface area contributed by atoms with Gasteiger partial charge < -0.3 is 10.1 Å². The maximum absolute atomic E-state index is 12.1. The second-order valence-electron chi connectivity index (χ2n) is 5.58. The second kappa shape index (κ2) is 9.03. The van der Waals surface area contributed by atoms with Crippen LogP contribution in [0.3, 0.4) is 0 Å². The van der Waals surface area contributed by atoms with Crippen LogP contribution in [-0.2, 0) is 17.6 Å². The molecule has 0 spiro atoms. The van der Waals surface area contributed by atoms with Crippen LogP contribution in [-0.4, -0.2) is 18.1 Å². The molecule has 0 saturated carbocycles. The van der Waals surface area contributed by atoms with E-state index in [4.69, 9.17) is 17.0 Å². The normalized spacial score (nSPS) is 10.0. The average molecular weight is 357 g/mol. The predicted octanol–water partition coefficient (Wildman–Crippen LogP) is 3.13. The van der Waals surface area contributed by atoms with E-state index in [1.165, 1.54) is 5.56 Å². The summed E-state index contributed by atoms with van der Waals surface area (Å²) < 4.78 is 5.25. The Morgan fingerprint density at radius 2 is 1.80 bits per heavy atom. The minimum atomic E-state index is -0.200. The number of carbonyl (C=O) groups excluding carboxylic acids is 1. The highest BCUT2D eigenvalue weighted by atomic mass is 32.1. The molecule has 0 radical (unpaired) electrons. The molecule has 0 aliphatic heterocycles. The lowest BCUT2D eigenvalue weighted by Crippen LogP contribution is -2.44. The van der Waals surface area contributed by atoms with Crippen LogP contribution in [0.25, 0.3) is 0 Å². The molecule has 0 fully saturated rings. The molecule has 0 heterocycles. The first-order valence-corrected chi connectivity index (χ1v) is 8.52. The van der Waals surface area contributed by atoms with E-state index in [9.17, 15) is 4.79 Å². The minimum Gasteiger partial charge on any atom is -0.496 e. The summed E-state index contributed by atoms with van der Waals surface area (Å²) >= 11 is 5.27. The standard InChI is InChI=1S/C19H23N3O2S/c1-4-14-10-7-8-13(2)18(14)20-19(25)22-21-17(23)12-15-9-5-6-11-16(15)24-3/h5-11H,4,12H2,1-3H3,(H,21,23)(H2,20,22,25). The molecular formula is C19H23N3O2S. The first-order chi connectivity index (χ1) is 12.0. The number of methoxy groups -OCH3 is 1. The van der Waals surface area contributed by atoms with Gasteiger partial charge >= 0.3 is 0 Å². The maximum atomic E-state index is 12.1. The van der Waals surface area contributed by atoms with E-state index in [2.05, 4.69) is 29.2 Å². The van der Waals surface area contributed by atoms with Crippen molar-refractivity contribution in [1.29, 1.82) is 0 Å². The smallest absolute Gasteiger partial charge is 0.242 e. The number of carbonyl (C=O) groups is 1. The van der Waals surface area contributed by atoms with Crippen LogP contribution in [0.4, 0.5) is 5.69 Å². The zero-order valence-corrected chi connectivity index (χ0v) is 15.5. The van der Waals surface area contributed by atoms with Crippen molar-refractivity contribution in [2.75, 3.05) is 12.4 Å². The molecule has 5 nitrogen and oxygen atoms in total. The molecule has 2 aromatic carbocycles. The summed E-state index contributed by atoms with van der Waals surface area (Å²) in [5.74, 6) is 0.486. The Balaban J connectivity index is 1.91. The molecule has 0 atom stereocenters. The first kappa shape index (κ1) is 18.7. The van der Waals surface area contributed by atoms with Gasteiger partial charge in [-0.1, -0.05) is 43.3 Å². The first-order valence-electron chi connectivity index (χ1n) is 8.11. The number of rotatable bonds is 5. The lowest BCUT2D eigenvalue weighted by Gasteiger charge is -2.16. The fourth-order valence-corrected chi connectivity index (χ4v) is 2.69. The molecular weight excluding hydrogens is 334 g/mol. The van der Waals surface area contributed by atoms with Gasteiger partial charge in [0.25, 0.3) is 0 Å². The summed E-state index contributed by atoms with van der Waals surface area (Å²) in [7, 11) is 1.58. The molecule has 0 bridgehead atoms. The van der Waals surface area contributed by atoms with Crippen molar-refractivity contribution in [2.24, 2.45) is 0 Å². The quantitative estimate of drug-likeness (QED) is 0.567. The number of ether oxygens (including phenoxy) is 1. The van der Waals surface area contributed by atoms with Gasteiger partial charge in [0.2, 0.25) is 5.91 Å². The Morgan fingerprint density at radius 3 is 2.52 bits per heavy atom. The summed E-state index contributed by atoms with van der Waals surface area (Å²) in [4.78, 5) is 12.1. The number of thiocarbonyl (C=S) groups is 1. The molecule has 2 aromatic rings. The van der Waals surface area contributed by atoms with Gasteiger partial charge in [-0.2, -0.15) is 0 Å². The lowest BCUT2D eigenvalue weighted by atomic mass is 10.1. The van der Waals surface area contributed by atoms with Gasteiger partial charge in [0.05, 0.1) is 13.5 Å². The molecule has 0 saturated heterocycles. The Labute approximate surface area is 153 Å². The Morgan fingerprint density at radius 1 is 1.08 bits per heavy atom. The van der Waals surface area contributed by atoms with Crippen LogP contribution in [0, 0.1) is 6.92 Å². The van der Waals surface area contributed by atoms with Crippen LogP contribution >= 0.6 is 12.2 Å². The van der Waals surface area contributed by atoms with E-state index < -0.39 is 0 Å².